The normalized spacial score (nSPS) is 10.2. The van der Waals surface area contributed by atoms with E-state index < -0.39 is 5.82 Å². The quantitative estimate of drug-likeness (QED) is 0.906. The first-order chi connectivity index (χ1) is 8.69. The van der Waals surface area contributed by atoms with Gasteiger partial charge in [0.2, 0.25) is 0 Å². The van der Waals surface area contributed by atoms with Gasteiger partial charge < -0.3 is 10.1 Å². The van der Waals surface area contributed by atoms with Crippen LogP contribution in [-0.4, -0.2) is 17.0 Å². The van der Waals surface area contributed by atoms with Gasteiger partial charge in [0.1, 0.15) is 12.4 Å². The van der Waals surface area contributed by atoms with Crippen molar-refractivity contribution in [3.05, 3.63) is 47.7 Å². The minimum atomic E-state index is -0.549. The number of anilines is 1. The number of nitrogens with one attached hydrogen (secondary N) is 1. The fraction of sp³-hybridized carbons (Fsp3) is 0.167. The Hall–Kier alpha value is -2.24. The van der Waals surface area contributed by atoms with Gasteiger partial charge in [-0.15, -0.1) is 0 Å². The van der Waals surface area contributed by atoms with Crippen LogP contribution < -0.4 is 10.1 Å². The molecule has 1 heterocycles. The van der Waals surface area contributed by atoms with E-state index in [1.54, 1.807) is 19.2 Å². The fourth-order valence-corrected chi connectivity index (χ4v) is 1.32. The predicted octanol–water partition coefficient (Wildman–Crippen LogP) is 2.38. The van der Waals surface area contributed by atoms with E-state index in [-0.39, 0.29) is 24.3 Å². The van der Waals surface area contributed by atoms with Crippen molar-refractivity contribution in [2.24, 2.45) is 0 Å². The van der Waals surface area contributed by atoms with Crippen molar-refractivity contribution in [3.63, 3.8) is 0 Å². The Kier molecular flexibility index (Phi) is 3.66. The zero-order chi connectivity index (χ0) is 13.0. The minimum Gasteiger partial charge on any atom is -0.459 e. The van der Waals surface area contributed by atoms with Crippen molar-refractivity contribution in [1.29, 1.82) is 0 Å². The summed E-state index contributed by atoms with van der Waals surface area (Å²) in [5.74, 6) is -0.792. The van der Waals surface area contributed by atoms with Gasteiger partial charge in [0.15, 0.2) is 11.6 Å². The van der Waals surface area contributed by atoms with Crippen LogP contribution in [0.15, 0.2) is 30.5 Å². The molecular weight excluding hydrogens is 240 g/mol. The van der Waals surface area contributed by atoms with Crippen LogP contribution >= 0.6 is 0 Å². The minimum absolute atomic E-state index is 0.0603. The van der Waals surface area contributed by atoms with Gasteiger partial charge in [-0.2, -0.15) is 4.98 Å². The molecule has 1 N–H and O–H groups in total. The molecule has 0 unspecified atom stereocenters. The number of hydrogen-bond acceptors (Lipinski definition) is 4. The Labute approximate surface area is 103 Å². The molecule has 6 heteroatoms. The van der Waals surface area contributed by atoms with E-state index in [9.17, 15) is 8.78 Å². The Bertz CT molecular complexity index is 531. The lowest BCUT2D eigenvalue weighted by atomic mass is 10.2. The molecule has 0 saturated heterocycles. The Morgan fingerprint density at radius 1 is 1.22 bits per heavy atom. The van der Waals surface area contributed by atoms with Crippen LogP contribution in [0.25, 0.3) is 0 Å². The molecule has 94 valence electrons. The second-order valence-electron chi connectivity index (χ2n) is 3.51. The molecule has 0 aliphatic rings. The molecular formula is C12H11F2N3O. The summed E-state index contributed by atoms with van der Waals surface area (Å²) >= 11 is 0. The van der Waals surface area contributed by atoms with Crippen LogP contribution in [0.3, 0.4) is 0 Å². The predicted molar refractivity (Wildman–Crippen MR) is 62.3 cm³/mol. The number of ether oxygens (including phenoxy) is 1. The molecule has 1 aromatic carbocycles. The van der Waals surface area contributed by atoms with E-state index in [0.717, 1.165) is 11.8 Å². The highest BCUT2D eigenvalue weighted by atomic mass is 19.1. The number of rotatable bonds is 4. The lowest BCUT2D eigenvalue weighted by molar-refractivity contribution is 0.279. The fourth-order valence-electron chi connectivity index (χ4n) is 1.32. The summed E-state index contributed by atoms with van der Waals surface area (Å²) in [6.07, 6.45) is 1.03. The van der Waals surface area contributed by atoms with E-state index in [4.69, 9.17) is 4.74 Å². The number of nitrogens with zero attached hydrogens (tertiary/aromatic N) is 2. The van der Waals surface area contributed by atoms with E-state index >= 15 is 0 Å². The first kappa shape index (κ1) is 12.2. The van der Waals surface area contributed by atoms with Crippen molar-refractivity contribution >= 4 is 5.82 Å². The van der Waals surface area contributed by atoms with Gasteiger partial charge in [-0.3, -0.25) is 0 Å². The maximum atomic E-state index is 13.1. The molecule has 0 amide bonds. The monoisotopic (exact) mass is 251 g/mol. The molecule has 0 aliphatic carbocycles. The van der Waals surface area contributed by atoms with Gasteiger partial charge in [0.25, 0.3) is 0 Å². The van der Waals surface area contributed by atoms with E-state index in [2.05, 4.69) is 15.3 Å². The van der Waals surface area contributed by atoms with E-state index in [1.165, 1.54) is 12.1 Å². The summed E-state index contributed by atoms with van der Waals surface area (Å²) in [5.41, 5.74) is 0.773. The summed E-state index contributed by atoms with van der Waals surface area (Å²) < 4.78 is 31.0. The van der Waals surface area contributed by atoms with Crippen LogP contribution in [0, 0.1) is 11.6 Å². The smallest absolute Gasteiger partial charge is 0.318 e. The third-order valence-corrected chi connectivity index (χ3v) is 2.24. The standard InChI is InChI=1S/C12H11F2N3O/c1-15-11-10(14)6-16-12(17-11)18-7-8-2-4-9(13)5-3-8/h2-6H,7H2,1H3,(H,15,16,17). The van der Waals surface area contributed by atoms with Crippen LogP contribution in [0.2, 0.25) is 0 Å². The van der Waals surface area contributed by atoms with Crippen LogP contribution in [0.5, 0.6) is 6.01 Å². The lowest BCUT2D eigenvalue weighted by Gasteiger charge is -2.06. The number of hydrogen-bond donors (Lipinski definition) is 1. The largest absolute Gasteiger partial charge is 0.459 e. The summed E-state index contributed by atoms with van der Waals surface area (Å²) in [5, 5.41) is 2.59. The first-order valence-electron chi connectivity index (χ1n) is 5.26. The zero-order valence-electron chi connectivity index (χ0n) is 9.65. The van der Waals surface area contributed by atoms with Crippen molar-refractivity contribution < 1.29 is 13.5 Å². The second-order valence-corrected chi connectivity index (χ2v) is 3.51. The summed E-state index contributed by atoms with van der Waals surface area (Å²) in [6.45, 7) is 0.190. The van der Waals surface area contributed by atoms with Crippen molar-refractivity contribution in [2.45, 2.75) is 6.61 Å². The number of halogens is 2. The number of benzene rings is 1. The first-order valence-corrected chi connectivity index (χ1v) is 5.26. The van der Waals surface area contributed by atoms with Gasteiger partial charge in [0.05, 0.1) is 6.20 Å². The summed E-state index contributed by atoms with van der Waals surface area (Å²) in [6, 6.07) is 5.92. The zero-order valence-corrected chi connectivity index (χ0v) is 9.65. The van der Waals surface area contributed by atoms with Crippen LogP contribution in [0.1, 0.15) is 5.56 Å². The van der Waals surface area contributed by atoms with Gasteiger partial charge in [-0.05, 0) is 17.7 Å². The molecule has 0 aliphatic heterocycles. The van der Waals surface area contributed by atoms with Gasteiger partial charge in [-0.25, -0.2) is 13.8 Å². The molecule has 0 saturated carbocycles. The van der Waals surface area contributed by atoms with Crippen molar-refractivity contribution in [3.8, 4) is 6.01 Å². The van der Waals surface area contributed by atoms with E-state index in [0.29, 0.717) is 0 Å². The molecule has 0 atom stereocenters. The Morgan fingerprint density at radius 3 is 2.61 bits per heavy atom. The van der Waals surface area contributed by atoms with Gasteiger partial charge in [0, 0.05) is 7.05 Å². The topological polar surface area (TPSA) is 47.0 Å². The molecule has 2 rings (SSSR count). The summed E-state index contributed by atoms with van der Waals surface area (Å²) in [7, 11) is 1.55. The summed E-state index contributed by atoms with van der Waals surface area (Å²) in [4.78, 5) is 7.53. The highest BCUT2D eigenvalue weighted by Gasteiger charge is 2.06. The Morgan fingerprint density at radius 2 is 1.94 bits per heavy atom. The molecule has 0 spiro atoms. The highest BCUT2D eigenvalue weighted by Crippen LogP contribution is 2.13. The SMILES string of the molecule is CNc1nc(OCc2ccc(F)cc2)ncc1F. The number of aromatic nitrogens is 2. The van der Waals surface area contributed by atoms with Crippen LogP contribution in [0.4, 0.5) is 14.6 Å². The molecule has 0 bridgehead atoms. The average molecular weight is 251 g/mol. The maximum absolute atomic E-state index is 13.1. The second kappa shape index (κ2) is 5.39. The third-order valence-electron chi connectivity index (χ3n) is 2.24. The lowest BCUT2D eigenvalue weighted by Crippen LogP contribution is -2.03. The molecule has 0 fully saturated rings. The Balaban J connectivity index is 2.04. The van der Waals surface area contributed by atoms with Crippen molar-refractivity contribution in [1.82, 2.24) is 9.97 Å². The van der Waals surface area contributed by atoms with Crippen LogP contribution in [-0.2, 0) is 6.61 Å². The molecule has 2 aromatic rings. The van der Waals surface area contributed by atoms with Crippen molar-refractivity contribution in [2.75, 3.05) is 12.4 Å². The maximum Gasteiger partial charge on any atom is 0.318 e. The van der Waals surface area contributed by atoms with Gasteiger partial charge in [-0.1, -0.05) is 12.1 Å². The molecule has 1 aromatic heterocycles. The molecule has 4 nitrogen and oxygen atoms in total. The van der Waals surface area contributed by atoms with Gasteiger partial charge >= 0.3 is 6.01 Å². The highest BCUT2D eigenvalue weighted by molar-refractivity contribution is 5.34. The molecule has 0 radical (unpaired) electrons. The third kappa shape index (κ3) is 2.91. The average Bonchev–Trinajstić information content (AvgIpc) is 2.39. The molecule has 18 heavy (non-hydrogen) atoms. The van der Waals surface area contributed by atoms with E-state index in [1.807, 2.05) is 0 Å².